The Labute approximate surface area is 135 Å². The van der Waals surface area contributed by atoms with E-state index in [-0.39, 0.29) is 0 Å². The zero-order chi connectivity index (χ0) is 15.0. The molecular weight excluding hydrogens is 276 g/mol. The minimum Gasteiger partial charge on any atom is -0.0851 e. The number of rotatable bonds is 1. The minimum absolute atomic E-state index is 0.708. The van der Waals surface area contributed by atoms with E-state index in [4.69, 9.17) is 0 Å². The molecule has 2 aliphatic rings. The molecule has 0 nitrogen and oxygen atoms in total. The highest BCUT2D eigenvalue weighted by Gasteiger charge is 2.37. The van der Waals surface area contributed by atoms with Crippen molar-refractivity contribution >= 4 is 32.3 Å². The molecule has 4 aromatic carbocycles. The van der Waals surface area contributed by atoms with Gasteiger partial charge >= 0.3 is 0 Å². The summed E-state index contributed by atoms with van der Waals surface area (Å²) in [4.78, 5) is 0. The van der Waals surface area contributed by atoms with E-state index in [2.05, 4.69) is 66.7 Å². The summed E-state index contributed by atoms with van der Waals surface area (Å²) in [6, 6.07) is 20.6. The van der Waals surface area contributed by atoms with Crippen LogP contribution in [0.15, 0.2) is 66.7 Å². The van der Waals surface area contributed by atoms with Gasteiger partial charge in [-0.2, -0.15) is 0 Å². The first-order chi connectivity index (χ1) is 11.4. The molecule has 1 fully saturated rings. The molecule has 0 heterocycles. The Balaban J connectivity index is 1.77. The van der Waals surface area contributed by atoms with Gasteiger partial charge in [-0.3, -0.25) is 0 Å². The number of benzene rings is 4. The largest absolute Gasteiger partial charge is 0.0851 e. The lowest BCUT2D eigenvalue weighted by molar-refractivity contribution is 0.590. The molecule has 1 saturated carbocycles. The van der Waals surface area contributed by atoms with Crippen molar-refractivity contribution in [2.24, 2.45) is 11.8 Å². The summed E-state index contributed by atoms with van der Waals surface area (Å²) < 4.78 is 0. The van der Waals surface area contributed by atoms with Crippen molar-refractivity contribution in [3.05, 3.63) is 72.3 Å². The number of hydrogen-bond donors (Lipinski definition) is 0. The summed E-state index contributed by atoms with van der Waals surface area (Å²) in [5.41, 5.74) is 1.58. The zero-order valence-electron chi connectivity index (χ0n) is 13.0. The lowest BCUT2D eigenvalue weighted by Gasteiger charge is -2.23. The molecule has 0 heteroatoms. The molecule has 0 radical (unpaired) electrons. The Morgan fingerprint density at radius 1 is 0.696 bits per heavy atom. The number of fused-ring (bicyclic) bond motifs is 2. The predicted molar refractivity (Wildman–Crippen MR) is 98.2 cm³/mol. The average molecular weight is 294 g/mol. The molecule has 23 heavy (non-hydrogen) atoms. The highest BCUT2D eigenvalue weighted by atomic mass is 14.4. The van der Waals surface area contributed by atoms with Crippen LogP contribution in [0, 0.1) is 11.8 Å². The third kappa shape index (κ3) is 1.51. The molecule has 0 saturated heterocycles. The Hall–Kier alpha value is -2.34. The zero-order valence-corrected chi connectivity index (χ0v) is 13.0. The van der Waals surface area contributed by atoms with E-state index in [0.29, 0.717) is 5.92 Å². The first-order valence-electron chi connectivity index (χ1n) is 8.73. The first kappa shape index (κ1) is 12.1. The first-order valence-corrected chi connectivity index (χ1v) is 8.73. The normalized spacial score (nSPS) is 26.2. The van der Waals surface area contributed by atoms with Crippen molar-refractivity contribution < 1.29 is 0 Å². The molecule has 0 spiro atoms. The van der Waals surface area contributed by atoms with E-state index in [9.17, 15) is 0 Å². The van der Waals surface area contributed by atoms with Crippen molar-refractivity contribution in [3.8, 4) is 0 Å². The van der Waals surface area contributed by atoms with E-state index < -0.39 is 0 Å². The lowest BCUT2D eigenvalue weighted by atomic mass is 9.81. The highest BCUT2D eigenvalue weighted by molar-refractivity contribution is 6.23. The van der Waals surface area contributed by atoms with Gasteiger partial charge in [0, 0.05) is 0 Å². The van der Waals surface area contributed by atoms with Crippen LogP contribution in [0.2, 0.25) is 0 Å². The second kappa shape index (κ2) is 4.14. The summed E-state index contributed by atoms with van der Waals surface area (Å²) in [6.07, 6.45) is 7.62. The van der Waals surface area contributed by atoms with E-state index in [1.54, 1.807) is 5.56 Å². The van der Waals surface area contributed by atoms with Crippen LogP contribution in [0.5, 0.6) is 0 Å². The Kier molecular flexibility index (Phi) is 2.18. The van der Waals surface area contributed by atoms with Gasteiger partial charge in [0.2, 0.25) is 0 Å². The van der Waals surface area contributed by atoms with Crippen LogP contribution in [-0.4, -0.2) is 0 Å². The van der Waals surface area contributed by atoms with E-state index >= 15 is 0 Å². The molecule has 0 N–H and O–H groups in total. The summed E-state index contributed by atoms with van der Waals surface area (Å²) >= 11 is 0. The van der Waals surface area contributed by atoms with Crippen molar-refractivity contribution in [3.63, 3.8) is 0 Å². The van der Waals surface area contributed by atoms with Gasteiger partial charge in [0.05, 0.1) is 0 Å². The SMILES string of the molecule is C1=CC2CC1CC2c1cc2cccc3ccc4cccc1c4c32. The van der Waals surface area contributed by atoms with Crippen molar-refractivity contribution in [2.75, 3.05) is 0 Å². The van der Waals surface area contributed by atoms with Crippen LogP contribution in [-0.2, 0) is 0 Å². The molecule has 3 atom stereocenters. The molecular formula is C23H18. The van der Waals surface area contributed by atoms with Gasteiger partial charge in [0.15, 0.2) is 0 Å². The Morgan fingerprint density at radius 2 is 1.48 bits per heavy atom. The minimum atomic E-state index is 0.708. The van der Waals surface area contributed by atoms with Gasteiger partial charge in [-0.05, 0) is 68.5 Å². The van der Waals surface area contributed by atoms with Gasteiger partial charge in [0.25, 0.3) is 0 Å². The fourth-order valence-electron chi connectivity index (χ4n) is 5.24. The maximum Gasteiger partial charge on any atom is -0.00239 e. The maximum atomic E-state index is 2.49. The van der Waals surface area contributed by atoms with Crippen LogP contribution in [0.25, 0.3) is 32.3 Å². The summed E-state index contributed by atoms with van der Waals surface area (Å²) in [5, 5.41) is 8.57. The topological polar surface area (TPSA) is 0 Å². The summed E-state index contributed by atoms with van der Waals surface area (Å²) in [5.74, 6) is 2.28. The van der Waals surface area contributed by atoms with Gasteiger partial charge < -0.3 is 0 Å². The fourth-order valence-corrected chi connectivity index (χ4v) is 5.24. The van der Waals surface area contributed by atoms with Gasteiger partial charge in [0.1, 0.15) is 0 Å². The van der Waals surface area contributed by atoms with Gasteiger partial charge in [-0.1, -0.05) is 66.7 Å². The van der Waals surface area contributed by atoms with Crippen LogP contribution >= 0.6 is 0 Å². The summed E-state index contributed by atoms with van der Waals surface area (Å²) in [6.45, 7) is 0. The molecule has 3 unspecified atom stereocenters. The van der Waals surface area contributed by atoms with E-state index in [1.165, 1.54) is 45.2 Å². The Morgan fingerprint density at radius 3 is 2.26 bits per heavy atom. The third-order valence-electron chi connectivity index (χ3n) is 6.22. The van der Waals surface area contributed by atoms with E-state index in [1.807, 2.05) is 0 Å². The lowest BCUT2D eigenvalue weighted by Crippen LogP contribution is -2.06. The average Bonchev–Trinajstić information content (AvgIpc) is 3.23. The van der Waals surface area contributed by atoms with Crippen molar-refractivity contribution in [2.45, 2.75) is 18.8 Å². The highest BCUT2D eigenvalue weighted by Crippen LogP contribution is 2.51. The molecule has 0 aliphatic heterocycles. The van der Waals surface area contributed by atoms with Crippen molar-refractivity contribution in [1.29, 1.82) is 0 Å². The fraction of sp³-hybridized carbons (Fsp3) is 0.217. The van der Waals surface area contributed by atoms with Crippen LogP contribution in [0.4, 0.5) is 0 Å². The summed E-state index contributed by atoms with van der Waals surface area (Å²) in [7, 11) is 0. The van der Waals surface area contributed by atoms with Crippen LogP contribution < -0.4 is 0 Å². The smallest absolute Gasteiger partial charge is 0.00239 e. The van der Waals surface area contributed by atoms with Gasteiger partial charge in [-0.25, -0.2) is 0 Å². The van der Waals surface area contributed by atoms with Crippen LogP contribution in [0.1, 0.15) is 24.3 Å². The standard InChI is InChI=1S/C23H18/c1-3-15-9-10-16-4-2-6-19-21(13-18(5-1)22(15)23(16)19)20-12-14-7-8-17(20)11-14/h1-10,13-14,17,20H,11-12H2. The quantitative estimate of drug-likeness (QED) is 0.287. The number of allylic oxidation sites excluding steroid dienone is 2. The maximum absolute atomic E-state index is 2.49. The number of hydrogen-bond acceptors (Lipinski definition) is 0. The molecule has 2 aliphatic carbocycles. The van der Waals surface area contributed by atoms with Gasteiger partial charge in [-0.15, -0.1) is 0 Å². The van der Waals surface area contributed by atoms with Crippen molar-refractivity contribution in [1.82, 2.24) is 0 Å². The molecule has 110 valence electrons. The monoisotopic (exact) mass is 294 g/mol. The third-order valence-corrected chi connectivity index (χ3v) is 6.22. The molecule has 2 bridgehead atoms. The molecule has 6 rings (SSSR count). The second-order valence-corrected chi connectivity index (χ2v) is 7.40. The van der Waals surface area contributed by atoms with Crippen LogP contribution in [0.3, 0.4) is 0 Å². The Bertz CT molecular complexity index is 1090. The molecule has 0 aromatic heterocycles. The van der Waals surface area contributed by atoms with E-state index in [0.717, 1.165) is 11.8 Å². The second-order valence-electron chi connectivity index (χ2n) is 7.40. The molecule has 0 amide bonds. The molecule has 4 aromatic rings. The predicted octanol–water partition coefficient (Wildman–Crippen LogP) is 6.26.